The molecule has 0 aliphatic heterocycles. The first-order valence-corrected chi connectivity index (χ1v) is 10.6. The van der Waals surface area contributed by atoms with Gasteiger partial charge in [-0.1, -0.05) is 42.5 Å². The van der Waals surface area contributed by atoms with E-state index in [1.54, 1.807) is 0 Å². The van der Waals surface area contributed by atoms with E-state index in [2.05, 4.69) is 22.6 Å². The van der Waals surface area contributed by atoms with Crippen molar-refractivity contribution < 1.29 is 9.59 Å². The zero-order valence-corrected chi connectivity index (χ0v) is 17.7. The lowest BCUT2D eigenvalue weighted by molar-refractivity contribution is 0.0950. The Morgan fingerprint density at radius 3 is 1.81 bits per heavy atom. The molecule has 1 aliphatic carbocycles. The van der Waals surface area contributed by atoms with E-state index in [0.717, 1.165) is 42.7 Å². The molecule has 2 amide bonds. The zero-order chi connectivity index (χ0) is 21.6. The minimum Gasteiger partial charge on any atom is -0.349 e. The first-order valence-electron chi connectivity index (χ1n) is 10.6. The van der Waals surface area contributed by atoms with Crippen LogP contribution in [0.4, 0.5) is 5.69 Å². The molecule has 158 valence electrons. The Hall–Kier alpha value is -3.44. The molecule has 3 aromatic carbocycles. The Kier molecular flexibility index (Phi) is 6.43. The second kappa shape index (κ2) is 9.58. The summed E-state index contributed by atoms with van der Waals surface area (Å²) in [5, 5.41) is 5.91. The summed E-state index contributed by atoms with van der Waals surface area (Å²) in [6.45, 7) is 1.55. The molecular weight excluding hydrogens is 386 g/mol. The van der Waals surface area contributed by atoms with Gasteiger partial charge in [0, 0.05) is 35.9 Å². The summed E-state index contributed by atoms with van der Waals surface area (Å²) in [4.78, 5) is 26.7. The van der Waals surface area contributed by atoms with Crippen LogP contribution in [0.1, 0.15) is 44.7 Å². The molecule has 3 aromatic rings. The fraction of sp³-hybridized carbons (Fsp3) is 0.231. The molecule has 0 heterocycles. The number of amides is 2. The lowest BCUT2D eigenvalue weighted by Crippen LogP contribution is -2.25. The monoisotopic (exact) mass is 413 g/mol. The molecule has 0 spiro atoms. The van der Waals surface area contributed by atoms with Gasteiger partial charge in [-0.05, 0) is 67.4 Å². The molecule has 0 radical (unpaired) electrons. The van der Waals surface area contributed by atoms with Crippen LogP contribution < -0.4 is 10.6 Å². The van der Waals surface area contributed by atoms with Crippen LogP contribution in [0.3, 0.4) is 0 Å². The predicted molar refractivity (Wildman–Crippen MR) is 123 cm³/mol. The van der Waals surface area contributed by atoms with Crippen LogP contribution in [0.25, 0.3) is 0 Å². The predicted octanol–water partition coefficient (Wildman–Crippen LogP) is 4.46. The van der Waals surface area contributed by atoms with Gasteiger partial charge in [0.2, 0.25) is 0 Å². The third kappa shape index (κ3) is 6.03. The average Bonchev–Trinajstić information content (AvgIpc) is 3.59. The largest absolute Gasteiger partial charge is 0.349 e. The van der Waals surface area contributed by atoms with E-state index in [9.17, 15) is 9.59 Å². The molecule has 2 N–H and O–H groups in total. The summed E-state index contributed by atoms with van der Waals surface area (Å²) < 4.78 is 0. The number of carbonyl (C=O) groups is 2. The van der Waals surface area contributed by atoms with Gasteiger partial charge in [0.15, 0.2) is 0 Å². The van der Waals surface area contributed by atoms with Gasteiger partial charge in [-0.3, -0.25) is 14.5 Å². The van der Waals surface area contributed by atoms with Crippen LogP contribution in [-0.2, 0) is 13.1 Å². The van der Waals surface area contributed by atoms with Crippen molar-refractivity contribution >= 4 is 17.5 Å². The number of nitrogens with one attached hydrogen (secondary N) is 2. The van der Waals surface area contributed by atoms with Gasteiger partial charge in [-0.25, -0.2) is 0 Å². The van der Waals surface area contributed by atoms with E-state index in [4.69, 9.17) is 0 Å². The van der Waals surface area contributed by atoms with E-state index in [0.29, 0.717) is 17.2 Å². The molecule has 0 aromatic heterocycles. The second-order valence-electron chi connectivity index (χ2n) is 8.13. The van der Waals surface area contributed by atoms with Crippen LogP contribution in [0.2, 0.25) is 0 Å². The summed E-state index contributed by atoms with van der Waals surface area (Å²) in [5.41, 5.74) is 4.42. The van der Waals surface area contributed by atoms with E-state index >= 15 is 0 Å². The zero-order valence-electron chi connectivity index (χ0n) is 17.7. The Morgan fingerprint density at radius 2 is 1.29 bits per heavy atom. The van der Waals surface area contributed by atoms with Gasteiger partial charge in [0.05, 0.1) is 0 Å². The number of para-hydroxylation sites is 1. The molecule has 0 bridgehead atoms. The molecule has 5 nitrogen and oxygen atoms in total. The van der Waals surface area contributed by atoms with Crippen molar-refractivity contribution in [1.82, 2.24) is 10.2 Å². The van der Waals surface area contributed by atoms with E-state index < -0.39 is 0 Å². The van der Waals surface area contributed by atoms with Crippen LogP contribution in [-0.4, -0.2) is 29.8 Å². The minimum atomic E-state index is -0.114. The SMILES string of the molecule is CN(Cc1ccc(C(=O)Nc2ccccc2)cc1)Cc1ccc(C(=O)NC2CC2)cc1. The molecule has 0 saturated heterocycles. The van der Waals surface area contributed by atoms with E-state index in [1.807, 2.05) is 78.9 Å². The Bertz CT molecular complexity index is 1030. The molecule has 1 fully saturated rings. The summed E-state index contributed by atoms with van der Waals surface area (Å²) in [6.07, 6.45) is 2.18. The van der Waals surface area contributed by atoms with Gasteiger partial charge in [-0.2, -0.15) is 0 Å². The summed E-state index contributed by atoms with van der Waals surface area (Å²) in [6, 6.07) is 25.3. The highest BCUT2D eigenvalue weighted by molar-refractivity contribution is 6.04. The average molecular weight is 414 g/mol. The first kappa shape index (κ1) is 20.8. The van der Waals surface area contributed by atoms with Gasteiger partial charge >= 0.3 is 0 Å². The van der Waals surface area contributed by atoms with Crippen LogP contribution in [0.15, 0.2) is 78.9 Å². The molecule has 0 unspecified atom stereocenters. The van der Waals surface area contributed by atoms with Crippen molar-refractivity contribution in [3.63, 3.8) is 0 Å². The maximum Gasteiger partial charge on any atom is 0.255 e. The molecule has 31 heavy (non-hydrogen) atoms. The smallest absolute Gasteiger partial charge is 0.255 e. The van der Waals surface area contributed by atoms with Crippen LogP contribution in [0.5, 0.6) is 0 Å². The third-order valence-corrected chi connectivity index (χ3v) is 5.28. The summed E-state index contributed by atoms with van der Waals surface area (Å²) >= 11 is 0. The van der Waals surface area contributed by atoms with Gasteiger partial charge < -0.3 is 10.6 Å². The van der Waals surface area contributed by atoms with Crippen molar-refractivity contribution in [3.8, 4) is 0 Å². The fourth-order valence-electron chi connectivity index (χ4n) is 3.42. The Morgan fingerprint density at radius 1 is 0.774 bits per heavy atom. The minimum absolute atomic E-state index is 0.0128. The van der Waals surface area contributed by atoms with E-state index in [-0.39, 0.29) is 11.8 Å². The standard InChI is InChI=1S/C26H27N3O2/c1-29(18-20-9-13-22(14-10-20)26(31)28-24-15-16-24)17-19-7-11-21(12-8-19)25(30)27-23-5-3-2-4-6-23/h2-14,24H,15-18H2,1H3,(H,27,30)(H,28,31). The number of hydrogen-bond donors (Lipinski definition) is 2. The van der Waals surface area contributed by atoms with Gasteiger partial charge in [-0.15, -0.1) is 0 Å². The normalized spacial score (nSPS) is 13.1. The Balaban J connectivity index is 1.28. The molecule has 5 heteroatoms. The highest BCUT2D eigenvalue weighted by Gasteiger charge is 2.23. The van der Waals surface area contributed by atoms with E-state index in [1.165, 1.54) is 0 Å². The highest BCUT2D eigenvalue weighted by atomic mass is 16.2. The fourth-order valence-corrected chi connectivity index (χ4v) is 3.42. The lowest BCUT2D eigenvalue weighted by Gasteiger charge is -2.17. The van der Waals surface area contributed by atoms with Crippen LogP contribution >= 0.6 is 0 Å². The topological polar surface area (TPSA) is 61.4 Å². The molecule has 4 rings (SSSR count). The van der Waals surface area contributed by atoms with Crippen molar-refractivity contribution in [2.45, 2.75) is 32.0 Å². The maximum absolute atomic E-state index is 12.4. The van der Waals surface area contributed by atoms with Crippen molar-refractivity contribution in [1.29, 1.82) is 0 Å². The second-order valence-corrected chi connectivity index (χ2v) is 8.13. The summed E-state index contributed by atoms with van der Waals surface area (Å²) in [5.74, 6) is -0.101. The van der Waals surface area contributed by atoms with Crippen LogP contribution in [0, 0.1) is 0 Å². The van der Waals surface area contributed by atoms with Crippen molar-refractivity contribution in [2.75, 3.05) is 12.4 Å². The molecular formula is C26H27N3O2. The number of anilines is 1. The third-order valence-electron chi connectivity index (χ3n) is 5.28. The lowest BCUT2D eigenvalue weighted by atomic mass is 10.1. The summed E-state index contributed by atoms with van der Waals surface area (Å²) in [7, 11) is 2.06. The maximum atomic E-state index is 12.4. The number of carbonyl (C=O) groups excluding carboxylic acids is 2. The number of rotatable bonds is 8. The van der Waals surface area contributed by atoms with Gasteiger partial charge in [0.1, 0.15) is 0 Å². The number of nitrogens with zero attached hydrogens (tertiary/aromatic N) is 1. The molecule has 0 atom stereocenters. The molecule has 1 aliphatic rings. The van der Waals surface area contributed by atoms with Gasteiger partial charge in [0.25, 0.3) is 11.8 Å². The number of hydrogen-bond acceptors (Lipinski definition) is 3. The molecule has 1 saturated carbocycles. The Labute approximate surface area is 183 Å². The quantitative estimate of drug-likeness (QED) is 0.573. The number of benzene rings is 3. The highest BCUT2D eigenvalue weighted by Crippen LogP contribution is 2.19. The van der Waals surface area contributed by atoms with Crippen molar-refractivity contribution in [3.05, 3.63) is 101 Å². The first-order chi connectivity index (χ1) is 15.1. The van der Waals surface area contributed by atoms with Crippen molar-refractivity contribution in [2.24, 2.45) is 0 Å².